The molecule has 0 saturated heterocycles. The number of benzene rings is 1. The molecule has 0 aliphatic carbocycles. The highest BCUT2D eigenvalue weighted by atomic mass is 35.5. The van der Waals surface area contributed by atoms with Gasteiger partial charge in [0.15, 0.2) is 0 Å². The Morgan fingerprint density at radius 1 is 1.15 bits per heavy atom. The van der Waals surface area contributed by atoms with Gasteiger partial charge in [0.05, 0.1) is 11.9 Å². The van der Waals surface area contributed by atoms with Crippen molar-refractivity contribution in [3.63, 3.8) is 0 Å². The summed E-state index contributed by atoms with van der Waals surface area (Å²) in [5.41, 5.74) is 0.974. The maximum atomic E-state index is 11.7. The third-order valence-corrected chi connectivity index (χ3v) is 2.78. The van der Waals surface area contributed by atoms with E-state index in [2.05, 4.69) is 15.7 Å². The fourth-order valence-electron chi connectivity index (χ4n) is 1.51. The van der Waals surface area contributed by atoms with E-state index in [-0.39, 0.29) is 0 Å². The molecule has 0 fully saturated rings. The molecule has 2 amide bonds. The van der Waals surface area contributed by atoms with Crippen molar-refractivity contribution in [2.75, 3.05) is 10.6 Å². The Kier molecular flexibility index (Phi) is 4.37. The summed E-state index contributed by atoms with van der Waals surface area (Å²) >= 11 is 5.73. The second kappa shape index (κ2) is 6.21. The lowest BCUT2D eigenvalue weighted by molar-refractivity contribution is -0.132. The summed E-state index contributed by atoms with van der Waals surface area (Å²) in [5, 5.41) is 9.49. The minimum absolute atomic E-state index is 0.475. The Bertz CT molecular complexity index is 622. The molecule has 0 saturated carbocycles. The molecule has 0 unspecified atom stereocenters. The lowest BCUT2D eigenvalue weighted by Gasteiger charge is -2.05. The molecular formula is C13H13ClN4O2. The molecule has 0 radical (unpaired) electrons. The SMILES string of the molecule is CCn1cc(NC(=O)C(=O)Nc2ccc(Cl)cc2)cn1. The van der Waals surface area contributed by atoms with Gasteiger partial charge in [-0.25, -0.2) is 0 Å². The number of aryl methyl sites for hydroxylation is 1. The van der Waals surface area contributed by atoms with Crippen molar-refractivity contribution in [1.82, 2.24) is 9.78 Å². The molecule has 0 aliphatic rings. The van der Waals surface area contributed by atoms with Gasteiger partial charge in [-0.05, 0) is 31.2 Å². The zero-order valence-electron chi connectivity index (χ0n) is 10.8. The molecule has 0 atom stereocenters. The van der Waals surface area contributed by atoms with E-state index in [0.29, 0.717) is 22.9 Å². The lowest BCUT2D eigenvalue weighted by Crippen LogP contribution is -2.28. The first-order chi connectivity index (χ1) is 9.58. The van der Waals surface area contributed by atoms with Gasteiger partial charge in [-0.2, -0.15) is 5.10 Å². The largest absolute Gasteiger partial charge is 0.318 e. The van der Waals surface area contributed by atoms with Crippen molar-refractivity contribution >= 4 is 34.8 Å². The summed E-state index contributed by atoms with van der Waals surface area (Å²) in [6.07, 6.45) is 3.13. The van der Waals surface area contributed by atoms with E-state index in [1.807, 2.05) is 6.92 Å². The standard InChI is InChI=1S/C13H13ClN4O2/c1-2-18-8-11(7-15-18)17-13(20)12(19)16-10-5-3-9(14)4-6-10/h3-8H,2H2,1H3,(H,16,19)(H,17,20). The van der Waals surface area contributed by atoms with Crippen LogP contribution in [0.1, 0.15) is 6.92 Å². The molecule has 104 valence electrons. The van der Waals surface area contributed by atoms with E-state index < -0.39 is 11.8 Å². The molecule has 7 heteroatoms. The van der Waals surface area contributed by atoms with Gasteiger partial charge in [-0.3, -0.25) is 14.3 Å². The van der Waals surface area contributed by atoms with Gasteiger partial charge in [0.2, 0.25) is 0 Å². The Hall–Kier alpha value is -2.34. The first kappa shape index (κ1) is 14.1. The van der Waals surface area contributed by atoms with Crippen LogP contribution >= 0.6 is 11.6 Å². The van der Waals surface area contributed by atoms with Gasteiger partial charge < -0.3 is 10.6 Å². The number of hydrogen-bond donors (Lipinski definition) is 2. The number of nitrogens with one attached hydrogen (secondary N) is 2. The summed E-state index contributed by atoms with van der Waals surface area (Å²) in [6, 6.07) is 6.48. The molecule has 2 aromatic rings. The summed E-state index contributed by atoms with van der Waals surface area (Å²) in [5.74, 6) is -1.51. The number of rotatable bonds is 3. The third-order valence-electron chi connectivity index (χ3n) is 2.52. The van der Waals surface area contributed by atoms with Crippen LogP contribution in [-0.2, 0) is 16.1 Å². The highest BCUT2D eigenvalue weighted by Crippen LogP contribution is 2.13. The number of carbonyl (C=O) groups is 2. The second-order valence-corrected chi connectivity index (χ2v) is 4.44. The highest BCUT2D eigenvalue weighted by Gasteiger charge is 2.14. The predicted octanol–water partition coefficient (Wildman–Crippen LogP) is 2.13. The van der Waals surface area contributed by atoms with Crippen molar-refractivity contribution in [3.8, 4) is 0 Å². The maximum absolute atomic E-state index is 11.7. The van der Waals surface area contributed by atoms with Crippen molar-refractivity contribution in [2.45, 2.75) is 13.5 Å². The van der Waals surface area contributed by atoms with Crippen LogP contribution in [0.25, 0.3) is 0 Å². The van der Waals surface area contributed by atoms with Crippen LogP contribution in [0.3, 0.4) is 0 Å². The molecule has 20 heavy (non-hydrogen) atoms. The van der Waals surface area contributed by atoms with E-state index in [9.17, 15) is 9.59 Å². The predicted molar refractivity (Wildman–Crippen MR) is 76.6 cm³/mol. The van der Waals surface area contributed by atoms with E-state index in [0.717, 1.165) is 0 Å². The lowest BCUT2D eigenvalue weighted by atomic mass is 10.3. The number of aromatic nitrogens is 2. The molecule has 2 N–H and O–H groups in total. The number of nitrogens with zero attached hydrogens (tertiary/aromatic N) is 2. The average Bonchev–Trinajstić information content (AvgIpc) is 2.89. The van der Waals surface area contributed by atoms with E-state index in [1.165, 1.54) is 6.20 Å². The molecule has 0 aliphatic heterocycles. The summed E-state index contributed by atoms with van der Waals surface area (Å²) < 4.78 is 1.65. The van der Waals surface area contributed by atoms with Gasteiger partial charge in [-0.1, -0.05) is 11.6 Å². The Labute approximate surface area is 120 Å². The first-order valence-corrected chi connectivity index (χ1v) is 6.36. The van der Waals surface area contributed by atoms with Crippen LogP contribution in [0.5, 0.6) is 0 Å². The van der Waals surface area contributed by atoms with Crippen LogP contribution in [0.2, 0.25) is 5.02 Å². The van der Waals surface area contributed by atoms with Crippen molar-refractivity contribution < 1.29 is 9.59 Å². The summed E-state index contributed by atoms with van der Waals surface area (Å²) in [7, 11) is 0. The van der Waals surface area contributed by atoms with Gasteiger partial charge >= 0.3 is 11.8 Å². The number of amides is 2. The highest BCUT2D eigenvalue weighted by molar-refractivity contribution is 6.43. The number of hydrogen-bond acceptors (Lipinski definition) is 3. The van der Waals surface area contributed by atoms with Crippen LogP contribution in [0.15, 0.2) is 36.7 Å². The van der Waals surface area contributed by atoms with Crippen LogP contribution < -0.4 is 10.6 Å². The summed E-state index contributed by atoms with van der Waals surface area (Å²) in [6.45, 7) is 2.61. The minimum atomic E-state index is -0.754. The number of anilines is 2. The van der Waals surface area contributed by atoms with Gasteiger partial charge in [0.25, 0.3) is 0 Å². The fourth-order valence-corrected chi connectivity index (χ4v) is 1.64. The fraction of sp³-hybridized carbons (Fsp3) is 0.154. The molecule has 6 nitrogen and oxygen atoms in total. The van der Waals surface area contributed by atoms with Gasteiger partial charge in [0, 0.05) is 23.5 Å². The summed E-state index contributed by atoms with van der Waals surface area (Å²) in [4.78, 5) is 23.4. The number of carbonyl (C=O) groups excluding carboxylic acids is 2. The Morgan fingerprint density at radius 2 is 1.75 bits per heavy atom. The molecule has 0 spiro atoms. The average molecular weight is 293 g/mol. The van der Waals surface area contributed by atoms with Gasteiger partial charge in [-0.15, -0.1) is 0 Å². The van der Waals surface area contributed by atoms with E-state index in [1.54, 1.807) is 35.1 Å². The molecule has 1 aromatic carbocycles. The molecule has 0 bridgehead atoms. The van der Waals surface area contributed by atoms with Gasteiger partial charge in [0.1, 0.15) is 0 Å². The molecule has 1 heterocycles. The molecule has 1 aromatic heterocycles. The van der Waals surface area contributed by atoms with E-state index >= 15 is 0 Å². The monoisotopic (exact) mass is 292 g/mol. The quantitative estimate of drug-likeness (QED) is 0.851. The van der Waals surface area contributed by atoms with Crippen LogP contribution in [0.4, 0.5) is 11.4 Å². The third kappa shape index (κ3) is 3.58. The topological polar surface area (TPSA) is 76.0 Å². The Balaban J connectivity index is 1.95. The van der Waals surface area contributed by atoms with Crippen molar-refractivity contribution in [2.24, 2.45) is 0 Å². The maximum Gasteiger partial charge on any atom is 0.314 e. The van der Waals surface area contributed by atoms with Crippen LogP contribution in [-0.4, -0.2) is 21.6 Å². The minimum Gasteiger partial charge on any atom is -0.318 e. The van der Waals surface area contributed by atoms with E-state index in [4.69, 9.17) is 11.6 Å². The zero-order valence-corrected chi connectivity index (χ0v) is 11.5. The first-order valence-electron chi connectivity index (χ1n) is 5.99. The Morgan fingerprint density at radius 3 is 2.30 bits per heavy atom. The zero-order chi connectivity index (χ0) is 14.5. The number of halogens is 1. The normalized spacial score (nSPS) is 10.1. The van der Waals surface area contributed by atoms with Crippen molar-refractivity contribution in [3.05, 3.63) is 41.7 Å². The van der Waals surface area contributed by atoms with Crippen molar-refractivity contribution in [1.29, 1.82) is 0 Å². The smallest absolute Gasteiger partial charge is 0.314 e. The molecular weight excluding hydrogens is 280 g/mol. The molecule has 2 rings (SSSR count). The second-order valence-electron chi connectivity index (χ2n) is 4.00. The van der Waals surface area contributed by atoms with Crippen LogP contribution in [0, 0.1) is 0 Å².